The molecule has 86 valence electrons. The van der Waals surface area contributed by atoms with Crippen molar-refractivity contribution >= 4 is 17.3 Å². The van der Waals surface area contributed by atoms with E-state index in [0.717, 1.165) is 0 Å². The number of benzene rings is 1. The van der Waals surface area contributed by atoms with Crippen LogP contribution in [0.5, 0.6) is 0 Å². The Bertz CT molecular complexity index is 406. The van der Waals surface area contributed by atoms with Gasteiger partial charge in [0.25, 0.3) is 5.69 Å². The fraction of sp³-hybridized carbons (Fsp3) is 0.300. The van der Waals surface area contributed by atoms with Crippen molar-refractivity contribution in [1.82, 2.24) is 0 Å². The number of carbonyl (C=O) groups is 1. The van der Waals surface area contributed by atoms with Crippen molar-refractivity contribution in [2.24, 2.45) is 0 Å². The van der Waals surface area contributed by atoms with Gasteiger partial charge in [0.2, 0.25) is 0 Å². The van der Waals surface area contributed by atoms with E-state index in [1.165, 1.54) is 19.2 Å². The average Bonchev–Trinajstić information content (AvgIpc) is 2.28. The number of esters is 1. The Labute approximate surface area is 92.4 Å². The molecule has 0 aliphatic carbocycles. The molecule has 1 unspecified atom stereocenters. The van der Waals surface area contributed by atoms with Gasteiger partial charge in [-0.25, -0.2) is 4.79 Å². The molecule has 0 aliphatic heterocycles. The van der Waals surface area contributed by atoms with Crippen LogP contribution in [0.2, 0.25) is 0 Å². The first-order valence-electron chi connectivity index (χ1n) is 4.63. The second kappa shape index (κ2) is 5.11. The third-order valence-corrected chi connectivity index (χ3v) is 1.99. The van der Waals surface area contributed by atoms with Crippen LogP contribution < -0.4 is 5.32 Å². The summed E-state index contributed by atoms with van der Waals surface area (Å²) in [6.07, 6.45) is 0. The molecule has 0 fully saturated rings. The molecule has 0 spiro atoms. The summed E-state index contributed by atoms with van der Waals surface area (Å²) in [5.41, 5.74) is 0.481. The predicted octanol–water partition coefficient (Wildman–Crippen LogP) is 1.57. The second-order valence-corrected chi connectivity index (χ2v) is 3.20. The Hall–Kier alpha value is -2.11. The molecular formula is C10H12N2O4. The van der Waals surface area contributed by atoms with Gasteiger partial charge in [0.15, 0.2) is 0 Å². The van der Waals surface area contributed by atoms with Gasteiger partial charge in [-0.2, -0.15) is 0 Å². The van der Waals surface area contributed by atoms with Crippen LogP contribution in [-0.2, 0) is 9.53 Å². The molecule has 1 aromatic rings. The number of non-ortho nitro benzene ring substituents is 1. The van der Waals surface area contributed by atoms with E-state index >= 15 is 0 Å². The van der Waals surface area contributed by atoms with Gasteiger partial charge in [-0.05, 0) is 13.0 Å². The lowest BCUT2D eigenvalue weighted by Gasteiger charge is -2.12. The molecule has 1 aromatic carbocycles. The lowest BCUT2D eigenvalue weighted by molar-refractivity contribution is -0.384. The van der Waals surface area contributed by atoms with E-state index in [2.05, 4.69) is 10.1 Å². The summed E-state index contributed by atoms with van der Waals surface area (Å²) >= 11 is 0. The van der Waals surface area contributed by atoms with E-state index in [0.29, 0.717) is 5.69 Å². The van der Waals surface area contributed by atoms with E-state index in [9.17, 15) is 14.9 Å². The highest BCUT2D eigenvalue weighted by atomic mass is 16.6. The highest BCUT2D eigenvalue weighted by Gasteiger charge is 2.13. The number of hydrogen-bond acceptors (Lipinski definition) is 5. The van der Waals surface area contributed by atoms with E-state index in [4.69, 9.17) is 0 Å². The first-order chi connectivity index (χ1) is 7.54. The normalized spacial score (nSPS) is 11.6. The SMILES string of the molecule is COC(=O)C(C)Nc1cccc([N+](=O)[O-])c1. The number of hydrogen-bond donors (Lipinski definition) is 1. The maximum absolute atomic E-state index is 11.1. The minimum absolute atomic E-state index is 0.0259. The molecule has 0 saturated carbocycles. The average molecular weight is 224 g/mol. The standard InChI is InChI=1S/C10H12N2O4/c1-7(10(13)16-2)11-8-4-3-5-9(6-8)12(14)15/h3-7,11H,1-2H3. The zero-order valence-corrected chi connectivity index (χ0v) is 8.97. The number of nitro groups is 1. The summed E-state index contributed by atoms with van der Waals surface area (Å²) in [4.78, 5) is 21.1. The van der Waals surface area contributed by atoms with E-state index in [-0.39, 0.29) is 5.69 Å². The maximum Gasteiger partial charge on any atom is 0.327 e. The van der Waals surface area contributed by atoms with Crippen molar-refractivity contribution in [3.8, 4) is 0 Å². The van der Waals surface area contributed by atoms with Crippen LogP contribution in [0.3, 0.4) is 0 Å². The zero-order valence-electron chi connectivity index (χ0n) is 8.97. The topological polar surface area (TPSA) is 81.5 Å². The molecule has 0 heterocycles. The number of anilines is 1. The monoisotopic (exact) mass is 224 g/mol. The number of rotatable bonds is 4. The third kappa shape index (κ3) is 2.94. The Morgan fingerprint density at radius 3 is 2.81 bits per heavy atom. The van der Waals surface area contributed by atoms with Gasteiger partial charge >= 0.3 is 5.97 Å². The van der Waals surface area contributed by atoms with Crippen LogP contribution in [0.1, 0.15) is 6.92 Å². The van der Waals surface area contributed by atoms with Crippen molar-refractivity contribution < 1.29 is 14.5 Å². The summed E-state index contributed by atoms with van der Waals surface area (Å²) in [5, 5.41) is 13.3. The fourth-order valence-corrected chi connectivity index (χ4v) is 1.19. The minimum atomic E-state index is -0.549. The Morgan fingerprint density at radius 2 is 2.25 bits per heavy atom. The first-order valence-corrected chi connectivity index (χ1v) is 4.63. The molecule has 0 radical (unpaired) electrons. The van der Waals surface area contributed by atoms with Crippen molar-refractivity contribution in [3.63, 3.8) is 0 Å². The summed E-state index contributed by atoms with van der Waals surface area (Å²) in [7, 11) is 1.29. The van der Waals surface area contributed by atoms with Crippen molar-refractivity contribution in [1.29, 1.82) is 0 Å². The Morgan fingerprint density at radius 1 is 1.56 bits per heavy atom. The van der Waals surface area contributed by atoms with Crippen LogP contribution in [0.15, 0.2) is 24.3 Å². The van der Waals surface area contributed by atoms with Gasteiger partial charge in [0.1, 0.15) is 6.04 Å². The number of methoxy groups -OCH3 is 1. The van der Waals surface area contributed by atoms with Crippen LogP contribution in [0, 0.1) is 10.1 Å². The van der Waals surface area contributed by atoms with E-state index in [1.54, 1.807) is 19.1 Å². The summed E-state index contributed by atoms with van der Waals surface area (Å²) < 4.78 is 4.53. The second-order valence-electron chi connectivity index (χ2n) is 3.20. The lowest BCUT2D eigenvalue weighted by atomic mass is 10.2. The van der Waals surface area contributed by atoms with Crippen LogP contribution in [-0.4, -0.2) is 24.0 Å². The molecule has 1 N–H and O–H groups in total. The first kappa shape index (κ1) is 12.0. The lowest BCUT2D eigenvalue weighted by Crippen LogP contribution is -2.27. The van der Waals surface area contributed by atoms with Gasteiger partial charge in [0.05, 0.1) is 12.0 Å². The van der Waals surface area contributed by atoms with Gasteiger partial charge < -0.3 is 10.1 Å². The minimum Gasteiger partial charge on any atom is -0.467 e. The van der Waals surface area contributed by atoms with E-state index in [1.807, 2.05) is 0 Å². The van der Waals surface area contributed by atoms with Crippen LogP contribution in [0.25, 0.3) is 0 Å². The number of nitrogens with zero attached hydrogens (tertiary/aromatic N) is 1. The molecule has 0 bridgehead atoms. The summed E-state index contributed by atoms with van der Waals surface area (Å²) in [5.74, 6) is -0.425. The highest BCUT2D eigenvalue weighted by Crippen LogP contribution is 2.17. The molecule has 0 aromatic heterocycles. The molecule has 0 aliphatic rings. The van der Waals surface area contributed by atoms with Gasteiger partial charge in [0, 0.05) is 17.8 Å². The Kier molecular flexibility index (Phi) is 3.82. The van der Waals surface area contributed by atoms with Crippen molar-refractivity contribution in [3.05, 3.63) is 34.4 Å². The molecular weight excluding hydrogens is 212 g/mol. The Balaban J connectivity index is 2.78. The number of ether oxygens (including phenoxy) is 1. The van der Waals surface area contributed by atoms with Crippen molar-refractivity contribution in [2.75, 3.05) is 12.4 Å². The molecule has 6 nitrogen and oxygen atoms in total. The molecule has 1 rings (SSSR count). The fourth-order valence-electron chi connectivity index (χ4n) is 1.19. The molecule has 0 amide bonds. The maximum atomic E-state index is 11.1. The smallest absolute Gasteiger partial charge is 0.327 e. The zero-order chi connectivity index (χ0) is 12.1. The van der Waals surface area contributed by atoms with Crippen LogP contribution >= 0.6 is 0 Å². The quantitative estimate of drug-likeness (QED) is 0.477. The number of carbonyl (C=O) groups excluding carboxylic acids is 1. The number of nitro benzene ring substituents is 1. The molecule has 0 saturated heterocycles. The summed E-state index contributed by atoms with van der Waals surface area (Å²) in [6.45, 7) is 1.62. The summed E-state index contributed by atoms with van der Waals surface area (Å²) in [6, 6.07) is 5.39. The predicted molar refractivity (Wildman–Crippen MR) is 58.2 cm³/mol. The largest absolute Gasteiger partial charge is 0.467 e. The van der Waals surface area contributed by atoms with Gasteiger partial charge in [-0.3, -0.25) is 10.1 Å². The molecule has 16 heavy (non-hydrogen) atoms. The van der Waals surface area contributed by atoms with Crippen molar-refractivity contribution in [2.45, 2.75) is 13.0 Å². The molecule has 6 heteroatoms. The molecule has 1 atom stereocenters. The van der Waals surface area contributed by atoms with E-state index < -0.39 is 16.9 Å². The van der Waals surface area contributed by atoms with Gasteiger partial charge in [-0.15, -0.1) is 0 Å². The van der Waals surface area contributed by atoms with Crippen LogP contribution in [0.4, 0.5) is 11.4 Å². The third-order valence-electron chi connectivity index (χ3n) is 1.99. The van der Waals surface area contributed by atoms with Gasteiger partial charge in [-0.1, -0.05) is 6.07 Å². The highest BCUT2D eigenvalue weighted by molar-refractivity contribution is 5.78. The number of nitrogens with one attached hydrogen (secondary N) is 1.